The van der Waals surface area contributed by atoms with Crippen molar-refractivity contribution in [3.05, 3.63) is 52.5 Å². The van der Waals surface area contributed by atoms with Crippen LogP contribution >= 0.6 is 15.9 Å². The molecule has 1 aromatic heterocycles. The predicted molar refractivity (Wildman–Crippen MR) is 81.3 cm³/mol. The Morgan fingerprint density at radius 3 is 2.80 bits per heavy atom. The van der Waals surface area contributed by atoms with E-state index in [1.165, 1.54) is 0 Å². The van der Waals surface area contributed by atoms with Crippen molar-refractivity contribution in [1.82, 2.24) is 14.9 Å². The van der Waals surface area contributed by atoms with Gasteiger partial charge in [-0.2, -0.15) is 0 Å². The quantitative estimate of drug-likeness (QED) is 0.878. The molecule has 0 spiro atoms. The van der Waals surface area contributed by atoms with Crippen LogP contribution in [0.25, 0.3) is 0 Å². The van der Waals surface area contributed by atoms with Crippen LogP contribution in [-0.2, 0) is 6.54 Å². The maximum Gasteiger partial charge on any atom is 0.271 e. The Hall–Kier alpha value is -1.66. The molecule has 3 N–H and O–H groups in total. The van der Waals surface area contributed by atoms with E-state index in [4.69, 9.17) is 5.73 Å². The highest BCUT2D eigenvalue weighted by molar-refractivity contribution is 9.10. The number of hydrogen-bond donors (Lipinski definition) is 2. The van der Waals surface area contributed by atoms with E-state index in [1.54, 1.807) is 17.1 Å². The Morgan fingerprint density at radius 1 is 1.45 bits per heavy atom. The summed E-state index contributed by atoms with van der Waals surface area (Å²) < 4.78 is 2.82. The number of carbonyl (C=O) groups excluding carboxylic acids is 1. The minimum atomic E-state index is -0.184. The third kappa shape index (κ3) is 3.68. The molecule has 1 atom stereocenters. The van der Waals surface area contributed by atoms with E-state index in [-0.39, 0.29) is 11.9 Å². The molecule has 5 nitrogen and oxygen atoms in total. The summed E-state index contributed by atoms with van der Waals surface area (Å²) in [6, 6.07) is 7.78. The second kappa shape index (κ2) is 6.67. The van der Waals surface area contributed by atoms with Gasteiger partial charge in [0.25, 0.3) is 5.91 Å². The molecule has 0 bridgehead atoms. The standard InChI is InChI=1S/C14H17BrN4O/c1-10(11-2-4-12(15)5-3-11)18-14(20)13-8-19(7-6-16)9-17-13/h2-5,8-10H,6-7,16H2,1H3,(H,18,20)/t10-/m0/s1. The Morgan fingerprint density at radius 2 is 2.15 bits per heavy atom. The van der Waals surface area contributed by atoms with Gasteiger partial charge in [-0.15, -0.1) is 0 Å². The fraction of sp³-hybridized carbons (Fsp3) is 0.286. The first-order valence-corrected chi connectivity index (χ1v) is 7.17. The van der Waals surface area contributed by atoms with Crippen molar-refractivity contribution in [3.63, 3.8) is 0 Å². The smallest absolute Gasteiger partial charge is 0.271 e. The molecule has 0 radical (unpaired) electrons. The summed E-state index contributed by atoms with van der Waals surface area (Å²) in [4.78, 5) is 16.2. The summed E-state index contributed by atoms with van der Waals surface area (Å²) in [5.74, 6) is -0.184. The summed E-state index contributed by atoms with van der Waals surface area (Å²) in [6.07, 6.45) is 3.32. The number of benzene rings is 1. The minimum Gasteiger partial charge on any atom is -0.344 e. The number of rotatable bonds is 5. The van der Waals surface area contributed by atoms with Crippen LogP contribution in [0.15, 0.2) is 41.3 Å². The molecular formula is C14H17BrN4O. The second-order valence-corrected chi connectivity index (χ2v) is 5.45. The van der Waals surface area contributed by atoms with Gasteiger partial charge in [0.15, 0.2) is 0 Å². The molecular weight excluding hydrogens is 320 g/mol. The van der Waals surface area contributed by atoms with E-state index in [2.05, 4.69) is 26.2 Å². The number of amides is 1. The molecule has 0 aliphatic rings. The molecule has 0 aliphatic heterocycles. The van der Waals surface area contributed by atoms with Crippen molar-refractivity contribution in [2.45, 2.75) is 19.5 Å². The maximum atomic E-state index is 12.1. The van der Waals surface area contributed by atoms with Gasteiger partial charge >= 0.3 is 0 Å². The lowest BCUT2D eigenvalue weighted by molar-refractivity contribution is 0.0935. The van der Waals surface area contributed by atoms with Gasteiger partial charge in [-0.1, -0.05) is 28.1 Å². The highest BCUT2D eigenvalue weighted by Crippen LogP contribution is 2.16. The molecule has 106 valence electrons. The topological polar surface area (TPSA) is 72.9 Å². The lowest BCUT2D eigenvalue weighted by Gasteiger charge is -2.13. The average Bonchev–Trinajstić information content (AvgIpc) is 2.88. The Labute approximate surface area is 126 Å². The second-order valence-electron chi connectivity index (χ2n) is 4.53. The zero-order chi connectivity index (χ0) is 14.5. The number of nitrogens with two attached hydrogens (primary N) is 1. The lowest BCUT2D eigenvalue weighted by Crippen LogP contribution is -2.26. The highest BCUT2D eigenvalue weighted by atomic mass is 79.9. The van der Waals surface area contributed by atoms with Crippen molar-refractivity contribution in [2.75, 3.05) is 6.54 Å². The average molecular weight is 337 g/mol. The molecule has 1 aromatic carbocycles. The van der Waals surface area contributed by atoms with Crippen LogP contribution in [0.3, 0.4) is 0 Å². The van der Waals surface area contributed by atoms with Crippen molar-refractivity contribution in [3.8, 4) is 0 Å². The first-order chi connectivity index (χ1) is 9.60. The van der Waals surface area contributed by atoms with Crippen molar-refractivity contribution in [1.29, 1.82) is 0 Å². The molecule has 0 saturated heterocycles. The highest BCUT2D eigenvalue weighted by Gasteiger charge is 2.13. The maximum absolute atomic E-state index is 12.1. The predicted octanol–water partition coefficient (Wildman–Crippen LogP) is 2.10. The Kier molecular flexibility index (Phi) is 4.92. The number of halogens is 1. The third-order valence-electron chi connectivity index (χ3n) is 2.97. The summed E-state index contributed by atoms with van der Waals surface area (Å²) in [5.41, 5.74) is 6.91. The van der Waals surface area contributed by atoms with Gasteiger partial charge in [-0.3, -0.25) is 4.79 Å². The normalized spacial score (nSPS) is 12.2. The van der Waals surface area contributed by atoms with Gasteiger partial charge in [0.05, 0.1) is 12.4 Å². The third-order valence-corrected chi connectivity index (χ3v) is 3.50. The molecule has 2 aromatic rings. The summed E-state index contributed by atoms with van der Waals surface area (Å²) >= 11 is 3.39. The molecule has 0 aliphatic carbocycles. The summed E-state index contributed by atoms with van der Waals surface area (Å²) in [7, 11) is 0. The Balaban J connectivity index is 2.01. The monoisotopic (exact) mass is 336 g/mol. The van der Waals surface area contributed by atoms with Gasteiger partial charge in [0.2, 0.25) is 0 Å². The number of aromatic nitrogens is 2. The molecule has 6 heteroatoms. The largest absolute Gasteiger partial charge is 0.344 e. The van der Waals surface area contributed by atoms with E-state index in [1.807, 2.05) is 31.2 Å². The number of carbonyl (C=O) groups is 1. The number of nitrogens with zero attached hydrogens (tertiary/aromatic N) is 2. The van der Waals surface area contributed by atoms with Gasteiger partial charge < -0.3 is 15.6 Å². The fourth-order valence-electron chi connectivity index (χ4n) is 1.85. The van der Waals surface area contributed by atoms with Crippen molar-refractivity contribution < 1.29 is 4.79 Å². The van der Waals surface area contributed by atoms with Crippen LogP contribution in [0.2, 0.25) is 0 Å². The first-order valence-electron chi connectivity index (χ1n) is 6.38. The van der Waals surface area contributed by atoms with Crippen LogP contribution in [0.4, 0.5) is 0 Å². The molecule has 2 rings (SSSR count). The number of imidazole rings is 1. The van der Waals surface area contributed by atoms with Crippen LogP contribution < -0.4 is 11.1 Å². The summed E-state index contributed by atoms with van der Waals surface area (Å²) in [5, 5.41) is 2.93. The van der Waals surface area contributed by atoms with Crippen LogP contribution in [0.5, 0.6) is 0 Å². The number of nitrogens with one attached hydrogen (secondary N) is 1. The molecule has 0 unspecified atom stereocenters. The van der Waals surface area contributed by atoms with E-state index >= 15 is 0 Å². The van der Waals surface area contributed by atoms with Gasteiger partial charge in [-0.05, 0) is 24.6 Å². The van der Waals surface area contributed by atoms with Crippen LogP contribution in [0, 0.1) is 0 Å². The van der Waals surface area contributed by atoms with Gasteiger partial charge in [-0.25, -0.2) is 4.98 Å². The van der Waals surface area contributed by atoms with E-state index in [0.717, 1.165) is 10.0 Å². The minimum absolute atomic E-state index is 0.0738. The zero-order valence-corrected chi connectivity index (χ0v) is 12.8. The molecule has 1 heterocycles. The van der Waals surface area contributed by atoms with Crippen LogP contribution in [-0.4, -0.2) is 22.0 Å². The van der Waals surface area contributed by atoms with E-state index in [9.17, 15) is 4.79 Å². The first kappa shape index (κ1) is 14.7. The van der Waals surface area contributed by atoms with Gasteiger partial charge in [0.1, 0.15) is 5.69 Å². The van der Waals surface area contributed by atoms with E-state index in [0.29, 0.717) is 18.8 Å². The van der Waals surface area contributed by atoms with Crippen molar-refractivity contribution in [2.24, 2.45) is 5.73 Å². The fourth-order valence-corrected chi connectivity index (χ4v) is 2.12. The number of hydrogen-bond acceptors (Lipinski definition) is 3. The molecule has 1 amide bonds. The zero-order valence-electron chi connectivity index (χ0n) is 11.2. The SMILES string of the molecule is C[C@H](NC(=O)c1cn(CCN)cn1)c1ccc(Br)cc1. The van der Waals surface area contributed by atoms with Crippen molar-refractivity contribution >= 4 is 21.8 Å². The lowest BCUT2D eigenvalue weighted by atomic mass is 10.1. The van der Waals surface area contributed by atoms with Gasteiger partial charge in [0, 0.05) is 23.8 Å². The van der Waals surface area contributed by atoms with Crippen LogP contribution in [0.1, 0.15) is 29.0 Å². The Bertz CT molecular complexity index is 579. The summed E-state index contributed by atoms with van der Waals surface area (Å²) in [6.45, 7) is 3.12. The molecule has 20 heavy (non-hydrogen) atoms. The molecule has 0 fully saturated rings. The molecule has 0 saturated carbocycles. The van der Waals surface area contributed by atoms with E-state index < -0.39 is 0 Å².